The Morgan fingerprint density at radius 3 is 1.22 bits per heavy atom. The van der Waals surface area contributed by atoms with Crippen molar-refractivity contribution in [3.8, 4) is 0 Å². The second kappa shape index (κ2) is 21.2. The lowest BCUT2D eigenvalue weighted by Gasteiger charge is -2.28. The largest absolute Gasteiger partial charge is 0.356 e. The van der Waals surface area contributed by atoms with Crippen LogP contribution in [-0.4, -0.2) is 40.0 Å². The summed E-state index contributed by atoms with van der Waals surface area (Å²) in [6.07, 6.45) is 4.20. The first-order chi connectivity index (χ1) is 17.4. The van der Waals surface area contributed by atoms with Crippen molar-refractivity contribution in [1.82, 2.24) is 0 Å². The Morgan fingerprint density at radius 2 is 0.919 bits per heavy atom. The predicted molar refractivity (Wildman–Crippen MR) is 158 cm³/mol. The zero-order chi connectivity index (χ0) is 26.8. The van der Waals surface area contributed by atoms with Crippen molar-refractivity contribution in [2.45, 2.75) is 99.1 Å². The fourth-order valence-electron chi connectivity index (χ4n) is 4.81. The summed E-state index contributed by atoms with van der Waals surface area (Å²) in [5.41, 5.74) is 2.78. The Kier molecular flexibility index (Phi) is 20.3. The molecule has 2 aromatic rings. The fourth-order valence-corrected chi connectivity index (χ4v) is 4.81. The van der Waals surface area contributed by atoms with Crippen molar-refractivity contribution in [3.05, 3.63) is 71.8 Å². The molecule has 0 heterocycles. The molecule has 4 atom stereocenters. The van der Waals surface area contributed by atoms with Crippen LogP contribution < -0.4 is 0 Å². The summed E-state index contributed by atoms with van der Waals surface area (Å²) in [7, 11) is 3.42. The van der Waals surface area contributed by atoms with Crippen LogP contribution in [0.5, 0.6) is 0 Å². The Morgan fingerprint density at radius 1 is 0.568 bits per heavy atom. The molecule has 2 rings (SSSR count). The summed E-state index contributed by atoms with van der Waals surface area (Å²) < 4.78 is 22.2. The third kappa shape index (κ3) is 13.1. The van der Waals surface area contributed by atoms with Gasteiger partial charge in [-0.1, -0.05) is 95.8 Å². The van der Waals surface area contributed by atoms with E-state index >= 15 is 0 Å². The summed E-state index contributed by atoms with van der Waals surface area (Å²) in [5, 5.41) is 0. The zero-order valence-corrected chi connectivity index (χ0v) is 24.1. The van der Waals surface area contributed by atoms with Gasteiger partial charge in [0, 0.05) is 39.3 Å². The van der Waals surface area contributed by atoms with E-state index in [0.717, 1.165) is 25.7 Å². The third-order valence-electron chi connectivity index (χ3n) is 6.99. The highest BCUT2D eigenvalue weighted by molar-refractivity contribution is 5.19. The average Bonchev–Trinajstić information content (AvgIpc) is 2.92. The molecule has 0 aliphatic rings. The van der Waals surface area contributed by atoms with E-state index in [1.807, 2.05) is 13.8 Å². The van der Waals surface area contributed by atoms with Crippen LogP contribution in [0.25, 0.3) is 0 Å². The first-order valence-corrected chi connectivity index (χ1v) is 13.8. The number of ether oxygens (including phenoxy) is 4. The van der Waals surface area contributed by atoms with Gasteiger partial charge in [-0.05, 0) is 62.5 Å². The number of benzene rings is 2. The van der Waals surface area contributed by atoms with Crippen LogP contribution in [0.1, 0.15) is 97.6 Å². The molecule has 0 saturated heterocycles. The molecule has 0 fully saturated rings. The molecule has 0 spiro atoms. The van der Waals surface area contributed by atoms with Gasteiger partial charge < -0.3 is 18.9 Å². The van der Waals surface area contributed by atoms with E-state index in [2.05, 4.69) is 88.4 Å². The lowest BCUT2D eigenvalue weighted by molar-refractivity contribution is -0.169. The molecule has 0 amide bonds. The maximum atomic E-state index is 5.75. The van der Waals surface area contributed by atoms with Gasteiger partial charge in [0.25, 0.3) is 0 Å². The molecule has 4 heteroatoms. The lowest BCUT2D eigenvalue weighted by atomic mass is 9.88. The second-order valence-electron chi connectivity index (χ2n) is 9.55. The van der Waals surface area contributed by atoms with E-state index in [0.29, 0.717) is 36.9 Å². The van der Waals surface area contributed by atoms with Crippen molar-refractivity contribution in [2.24, 2.45) is 11.8 Å². The monoisotopic (exact) mass is 516 g/mol. The molecule has 37 heavy (non-hydrogen) atoms. The van der Waals surface area contributed by atoms with Gasteiger partial charge in [-0.25, -0.2) is 0 Å². The van der Waals surface area contributed by atoms with E-state index in [1.54, 1.807) is 14.2 Å². The third-order valence-corrected chi connectivity index (χ3v) is 6.99. The van der Waals surface area contributed by atoms with E-state index in [1.165, 1.54) is 11.1 Å². The number of methoxy groups -OCH3 is 2. The standard InChI is InChI=1S/C17H28O2.C15H24O2.CH4/c1-5-15(17(18-6-2)19-7-3)13-14(4)16-11-9-8-10-12-16;1-5-13(15(16-3)17-4)11-12(2)14-9-7-6-8-10-14;/h8-12,14-15,17H,5-7,13H2,1-4H3;6-10,12-13,15H,5,11H2,1-4H3;1H4. The van der Waals surface area contributed by atoms with Crippen molar-refractivity contribution in [1.29, 1.82) is 0 Å². The molecule has 2 aromatic carbocycles. The normalized spacial score (nSPS) is 14.3. The molecule has 0 aromatic heterocycles. The summed E-state index contributed by atoms with van der Waals surface area (Å²) in [6, 6.07) is 21.3. The van der Waals surface area contributed by atoms with Crippen LogP contribution in [-0.2, 0) is 18.9 Å². The molecule has 0 bridgehead atoms. The fraction of sp³-hybridized carbons (Fsp3) is 0.636. The van der Waals surface area contributed by atoms with Gasteiger partial charge in [0.2, 0.25) is 0 Å². The summed E-state index contributed by atoms with van der Waals surface area (Å²) in [4.78, 5) is 0. The topological polar surface area (TPSA) is 36.9 Å². The zero-order valence-electron chi connectivity index (χ0n) is 24.1. The molecule has 0 aliphatic carbocycles. The summed E-state index contributed by atoms with van der Waals surface area (Å²) in [5.74, 6) is 1.97. The van der Waals surface area contributed by atoms with Gasteiger partial charge in [0.05, 0.1) is 0 Å². The van der Waals surface area contributed by atoms with Gasteiger partial charge in [0.15, 0.2) is 12.6 Å². The Labute approximate surface area is 229 Å². The summed E-state index contributed by atoms with van der Waals surface area (Å²) >= 11 is 0. The molecule has 212 valence electrons. The van der Waals surface area contributed by atoms with E-state index < -0.39 is 0 Å². The van der Waals surface area contributed by atoms with E-state index in [9.17, 15) is 0 Å². The van der Waals surface area contributed by atoms with Crippen molar-refractivity contribution in [3.63, 3.8) is 0 Å². The minimum atomic E-state index is -0.0915. The highest BCUT2D eigenvalue weighted by atomic mass is 16.7. The Balaban J connectivity index is 0.000000686. The molecule has 0 N–H and O–H groups in total. The Hall–Kier alpha value is -1.72. The molecule has 0 aliphatic heterocycles. The van der Waals surface area contributed by atoms with Crippen LogP contribution in [0.4, 0.5) is 0 Å². The SMILES string of the molecule is C.CCC(CC(C)c1ccccc1)C(OC)OC.CCOC(OCC)C(CC)CC(C)c1ccccc1. The van der Waals surface area contributed by atoms with Crippen molar-refractivity contribution < 1.29 is 18.9 Å². The maximum Gasteiger partial charge on any atom is 0.160 e. The quantitative estimate of drug-likeness (QED) is 0.209. The van der Waals surface area contributed by atoms with E-state index in [-0.39, 0.29) is 20.0 Å². The molecule has 4 unspecified atom stereocenters. The van der Waals surface area contributed by atoms with Crippen LogP contribution in [0, 0.1) is 11.8 Å². The van der Waals surface area contributed by atoms with Gasteiger partial charge in [-0.2, -0.15) is 0 Å². The minimum absolute atomic E-state index is 0. The molecule has 0 saturated carbocycles. The first-order valence-electron chi connectivity index (χ1n) is 13.8. The van der Waals surface area contributed by atoms with Crippen LogP contribution >= 0.6 is 0 Å². The smallest absolute Gasteiger partial charge is 0.160 e. The highest BCUT2D eigenvalue weighted by Crippen LogP contribution is 2.29. The Bertz CT molecular complexity index is 741. The highest BCUT2D eigenvalue weighted by Gasteiger charge is 2.24. The van der Waals surface area contributed by atoms with E-state index in [4.69, 9.17) is 18.9 Å². The molecule has 4 nitrogen and oxygen atoms in total. The van der Waals surface area contributed by atoms with Gasteiger partial charge in [0.1, 0.15) is 0 Å². The van der Waals surface area contributed by atoms with Gasteiger partial charge in [-0.3, -0.25) is 0 Å². The van der Waals surface area contributed by atoms with Crippen LogP contribution in [0.15, 0.2) is 60.7 Å². The van der Waals surface area contributed by atoms with Crippen molar-refractivity contribution >= 4 is 0 Å². The van der Waals surface area contributed by atoms with Gasteiger partial charge >= 0.3 is 0 Å². The number of rotatable bonds is 16. The van der Waals surface area contributed by atoms with Crippen LogP contribution in [0.2, 0.25) is 0 Å². The van der Waals surface area contributed by atoms with Gasteiger partial charge in [-0.15, -0.1) is 0 Å². The summed E-state index contributed by atoms with van der Waals surface area (Å²) in [6.45, 7) is 14.4. The second-order valence-corrected chi connectivity index (χ2v) is 9.55. The maximum absolute atomic E-state index is 5.75. The number of hydrogen-bond donors (Lipinski definition) is 0. The number of hydrogen-bond acceptors (Lipinski definition) is 4. The van der Waals surface area contributed by atoms with Crippen molar-refractivity contribution in [2.75, 3.05) is 27.4 Å². The predicted octanol–water partition coefficient (Wildman–Crippen LogP) is 9.07. The minimum Gasteiger partial charge on any atom is -0.356 e. The molecule has 0 radical (unpaired) electrons. The molecular weight excluding hydrogens is 460 g/mol. The molecular formula is C33H56O4. The first kappa shape index (κ1) is 35.3. The average molecular weight is 517 g/mol. The van der Waals surface area contributed by atoms with Crippen LogP contribution in [0.3, 0.4) is 0 Å². The lowest BCUT2D eigenvalue weighted by Crippen LogP contribution is -2.28.